The van der Waals surface area contributed by atoms with Gasteiger partial charge in [-0.15, -0.1) is 0 Å². The van der Waals surface area contributed by atoms with Gasteiger partial charge in [-0.25, -0.2) is 0 Å². The van der Waals surface area contributed by atoms with Gasteiger partial charge in [-0.2, -0.15) is 0 Å². The minimum absolute atomic E-state index is 0.360. The van der Waals surface area contributed by atoms with E-state index >= 15 is 0 Å². The van der Waals surface area contributed by atoms with E-state index in [9.17, 15) is 0 Å². The second-order valence-corrected chi connectivity index (χ2v) is 9.15. The van der Waals surface area contributed by atoms with Gasteiger partial charge in [-0.1, -0.05) is 30.0 Å². The molecule has 3 aromatic carbocycles. The molecule has 0 aliphatic carbocycles. The summed E-state index contributed by atoms with van der Waals surface area (Å²) < 4.78 is 16.9. The van der Waals surface area contributed by atoms with E-state index in [0.29, 0.717) is 6.04 Å². The highest BCUT2D eigenvalue weighted by Crippen LogP contribution is 2.45. The van der Waals surface area contributed by atoms with Crippen molar-refractivity contribution in [3.63, 3.8) is 0 Å². The Labute approximate surface area is 188 Å². The summed E-state index contributed by atoms with van der Waals surface area (Å²) in [5, 5.41) is 0. The molecule has 0 fully saturated rings. The van der Waals surface area contributed by atoms with Gasteiger partial charge in [0.2, 0.25) is 0 Å². The van der Waals surface area contributed by atoms with Crippen LogP contribution >= 0.6 is 11.8 Å². The van der Waals surface area contributed by atoms with Gasteiger partial charge in [-0.05, 0) is 71.5 Å². The van der Waals surface area contributed by atoms with Crippen LogP contribution in [0.25, 0.3) is 0 Å². The number of hydrogen-bond donors (Lipinski definition) is 0. The van der Waals surface area contributed by atoms with Crippen LogP contribution in [0.1, 0.15) is 28.3 Å². The first kappa shape index (κ1) is 20.3. The number of ether oxygens (including phenoxy) is 3. The normalized spacial score (nSPS) is 17.3. The highest BCUT2D eigenvalue weighted by molar-refractivity contribution is 7.99. The van der Waals surface area contributed by atoms with Crippen molar-refractivity contribution in [2.75, 3.05) is 27.9 Å². The average molecular weight is 434 g/mol. The Hall–Kier alpha value is -2.63. The second kappa shape index (κ2) is 8.48. The fourth-order valence-electron chi connectivity index (χ4n) is 4.77. The van der Waals surface area contributed by atoms with Gasteiger partial charge in [-0.3, -0.25) is 4.90 Å². The van der Waals surface area contributed by atoms with Crippen LogP contribution in [0, 0.1) is 0 Å². The minimum Gasteiger partial charge on any atom is -0.496 e. The van der Waals surface area contributed by atoms with Crippen molar-refractivity contribution in [1.82, 2.24) is 4.90 Å². The molecule has 160 valence electrons. The first-order chi connectivity index (χ1) is 15.2. The Balaban J connectivity index is 1.51. The summed E-state index contributed by atoms with van der Waals surface area (Å²) in [6, 6.07) is 19.7. The molecule has 0 saturated carbocycles. The van der Waals surface area contributed by atoms with Gasteiger partial charge in [0.15, 0.2) is 11.5 Å². The van der Waals surface area contributed by atoms with Crippen LogP contribution in [-0.4, -0.2) is 32.8 Å². The molecule has 2 aliphatic rings. The topological polar surface area (TPSA) is 30.9 Å². The van der Waals surface area contributed by atoms with Crippen LogP contribution in [0.5, 0.6) is 17.2 Å². The van der Waals surface area contributed by atoms with E-state index in [1.54, 1.807) is 33.1 Å². The fraction of sp³-hybridized carbons (Fsp3) is 0.308. The van der Waals surface area contributed by atoms with Crippen molar-refractivity contribution >= 4 is 11.8 Å². The van der Waals surface area contributed by atoms with E-state index in [4.69, 9.17) is 14.2 Å². The highest BCUT2D eigenvalue weighted by Gasteiger charge is 2.33. The predicted octanol–water partition coefficient (Wildman–Crippen LogP) is 5.52. The van der Waals surface area contributed by atoms with Crippen LogP contribution in [-0.2, 0) is 19.4 Å². The zero-order valence-electron chi connectivity index (χ0n) is 18.2. The largest absolute Gasteiger partial charge is 0.496 e. The van der Waals surface area contributed by atoms with Crippen molar-refractivity contribution in [2.45, 2.75) is 35.2 Å². The maximum atomic E-state index is 5.76. The van der Waals surface area contributed by atoms with Crippen LogP contribution < -0.4 is 14.2 Å². The van der Waals surface area contributed by atoms with Gasteiger partial charge < -0.3 is 14.2 Å². The lowest BCUT2D eigenvalue weighted by molar-refractivity contribution is 0.160. The lowest BCUT2D eigenvalue weighted by atomic mass is 9.84. The van der Waals surface area contributed by atoms with Crippen molar-refractivity contribution in [3.8, 4) is 17.2 Å². The van der Waals surface area contributed by atoms with E-state index in [-0.39, 0.29) is 0 Å². The summed E-state index contributed by atoms with van der Waals surface area (Å²) in [6.07, 6.45) is 2.02. The molecule has 0 aromatic heterocycles. The second-order valence-electron chi connectivity index (χ2n) is 8.03. The summed E-state index contributed by atoms with van der Waals surface area (Å²) in [5.74, 6) is 2.58. The number of rotatable bonds is 5. The molecule has 0 spiro atoms. The summed E-state index contributed by atoms with van der Waals surface area (Å²) in [7, 11) is 5.18. The molecule has 1 atom stereocenters. The van der Waals surface area contributed by atoms with Crippen molar-refractivity contribution < 1.29 is 14.2 Å². The lowest BCUT2D eigenvalue weighted by Crippen LogP contribution is -2.39. The Morgan fingerprint density at radius 1 is 0.806 bits per heavy atom. The summed E-state index contributed by atoms with van der Waals surface area (Å²) in [5.41, 5.74) is 5.51. The molecule has 5 heteroatoms. The molecule has 1 unspecified atom stereocenters. The van der Waals surface area contributed by atoms with E-state index in [0.717, 1.165) is 43.2 Å². The van der Waals surface area contributed by atoms with Gasteiger partial charge >= 0.3 is 0 Å². The molecule has 2 heterocycles. The summed E-state index contributed by atoms with van der Waals surface area (Å²) >= 11 is 1.76. The summed E-state index contributed by atoms with van der Waals surface area (Å²) in [6.45, 7) is 2.00. The number of nitrogens with zero attached hydrogens (tertiary/aromatic N) is 1. The van der Waals surface area contributed by atoms with E-state index in [2.05, 4.69) is 53.4 Å². The Morgan fingerprint density at radius 2 is 1.52 bits per heavy atom. The third kappa shape index (κ3) is 3.77. The third-order valence-corrected chi connectivity index (χ3v) is 7.40. The first-order valence-corrected chi connectivity index (χ1v) is 11.4. The Morgan fingerprint density at radius 3 is 2.26 bits per heavy atom. The van der Waals surface area contributed by atoms with Crippen LogP contribution in [0.15, 0.2) is 64.4 Å². The van der Waals surface area contributed by atoms with Crippen LogP contribution in [0.4, 0.5) is 0 Å². The van der Waals surface area contributed by atoms with Crippen molar-refractivity contribution in [2.24, 2.45) is 0 Å². The van der Waals surface area contributed by atoms with Crippen LogP contribution in [0.3, 0.4) is 0 Å². The number of fused-ring (bicyclic) bond motifs is 4. The zero-order valence-corrected chi connectivity index (χ0v) is 19.0. The van der Waals surface area contributed by atoms with Gasteiger partial charge in [0.25, 0.3) is 0 Å². The molecule has 0 bridgehead atoms. The van der Waals surface area contributed by atoms with Gasteiger partial charge in [0.05, 0.1) is 26.2 Å². The molecule has 3 aromatic rings. The SMILES string of the molecule is COc1cc2c(cc1OC)C1Cc3cc(Sc4ccccc4)c(OC)cc3CN1CC2. The molecule has 4 nitrogen and oxygen atoms in total. The van der Waals surface area contributed by atoms with Crippen molar-refractivity contribution in [3.05, 3.63) is 76.9 Å². The fourth-order valence-corrected chi connectivity index (χ4v) is 5.76. The van der Waals surface area contributed by atoms with E-state index in [1.165, 1.54) is 32.0 Å². The smallest absolute Gasteiger partial charge is 0.161 e. The first-order valence-electron chi connectivity index (χ1n) is 10.6. The molecule has 5 rings (SSSR count). The molecule has 0 amide bonds. The molecule has 0 saturated heterocycles. The monoisotopic (exact) mass is 433 g/mol. The van der Waals surface area contributed by atoms with Crippen LogP contribution in [0.2, 0.25) is 0 Å². The third-order valence-electron chi connectivity index (χ3n) is 6.36. The molecule has 0 N–H and O–H groups in total. The van der Waals surface area contributed by atoms with Gasteiger partial charge in [0, 0.05) is 24.0 Å². The molecule has 31 heavy (non-hydrogen) atoms. The predicted molar refractivity (Wildman–Crippen MR) is 124 cm³/mol. The number of benzene rings is 3. The van der Waals surface area contributed by atoms with Gasteiger partial charge in [0.1, 0.15) is 5.75 Å². The number of methoxy groups -OCH3 is 3. The van der Waals surface area contributed by atoms with E-state index in [1.807, 2.05) is 6.07 Å². The Bertz CT molecular complexity index is 1100. The van der Waals surface area contributed by atoms with E-state index < -0.39 is 0 Å². The average Bonchev–Trinajstić information content (AvgIpc) is 2.82. The zero-order chi connectivity index (χ0) is 21.4. The minimum atomic E-state index is 0.360. The molecule has 0 radical (unpaired) electrons. The summed E-state index contributed by atoms with van der Waals surface area (Å²) in [4.78, 5) is 4.97. The maximum absolute atomic E-state index is 5.76. The Kier molecular flexibility index (Phi) is 5.55. The van der Waals surface area contributed by atoms with Crippen molar-refractivity contribution in [1.29, 1.82) is 0 Å². The quantitative estimate of drug-likeness (QED) is 0.529. The molecular formula is C26H27NO3S. The standard InChI is InChI=1S/C26H27NO3S/c1-28-23-12-17-9-10-27-16-19-13-25(30-3)26(31-20-7-5-4-6-8-20)14-18(19)11-22(27)21(17)15-24(23)29-2/h4-8,12-15,22H,9-11,16H2,1-3H3. The lowest BCUT2D eigenvalue weighted by Gasteiger charge is -2.42. The number of hydrogen-bond acceptors (Lipinski definition) is 5. The highest BCUT2D eigenvalue weighted by atomic mass is 32.2. The maximum Gasteiger partial charge on any atom is 0.161 e. The molecular weight excluding hydrogens is 406 g/mol. The molecule has 2 aliphatic heterocycles.